The van der Waals surface area contributed by atoms with E-state index < -0.39 is 0 Å². The van der Waals surface area contributed by atoms with E-state index in [2.05, 4.69) is 46.3 Å². The van der Waals surface area contributed by atoms with Gasteiger partial charge in [0.2, 0.25) is 5.91 Å². The van der Waals surface area contributed by atoms with Gasteiger partial charge in [-0.25, -0.2) is 0 Å². The van der Waals surface area contributed by atoms with Crippen molar-refractivity contribution in [3.8, 4) is 0 Å². The zero-order valence-electron chi connectivity index (χ0n) is 14.5. The van der Waals surface area contributed by atoms with Crippen LogP contribution in [0.1, 0.15) is 11.1 Å². The molecule has 0 saturated carbocycles. The standard InChI is InChI=1S/C20H24ClN3O/c1-16-5-2-3-8-19(16)24-11-9-23(10-12-24)15-20(25)22-14-17-6-4-7-18(21)13-17/h2-8,13H,9-12,14-15H2,1H3,(H,22,25). The van der Waals surface area contributed by atoms with Crippen molar-refractivity contribution in [2.45, 2.75) is 13.5 Å². The van der Waals surface area contributed by atoms with Crippen LogP contribution in [0.25, 0.3) is 0 Å². The number of halogens is 1. The molecule has 0 unspecified atom stereocenters. The molecule has 0 radical (unpaired) electrons. The number of carbonyl (C=O) groups excluding carboxylic acids is 1. The number of nitrogens with zero attached hydrogens (tertiary/aromatic N) is 2. The molecule has 132 valence electrons. The second-order valence-corrected chi connectivity index (χ2v) is 6.89. The summed E-state index contributed by atoms with van der Waals surface area (Å²) < 4.78 is 0. The Hall–Kier alpha value is -2.04. The van der Waals surface area contributed by atoms with Gasteiger partial charge in [-0.3, -0.25) is 9.69 Å². The number of nitrogens with one attached hydrogen (secondary N) is 1. The van der Waals surface area contributed by atoms with Crippen LogP contribution >= 0.6 is 11.6 Å². The molecule has 1 amide bonds. The number of piperazine rings is 1. The second kappa shape index (κ2) is 8.37. The van der Waals surface area contributed by atoms with Gasteiger partial charge in [0, 0.05) is 43.4 Å². The SMILES string of the molecule is Cc1ccccc1N1CCN(CC(=O)NCc2cccc(Cl)c2)CC1. The molecule has 4 nitrogen and oxygen atoms in total. The summed E-state index contributed by atoms with van der Waals surface area (Å²) in [6, 6.07) is 16.0. The molecule has 5 heteroatoms. The summed E-state index contributed by atoms with van der Waals surface area (Å²) in [6.45, 7) is 6.81. The van der Waals surface area contributed by atoms with Gasteiger partial charge in [0.15, 0.2) is 0 Å². The largest absolute Gasteiger partial charge is 0.369 e. The summed E-state index contributed by atoms with van der Waals surface area (Å²) in [4.78, 5) is 16.8. The fourth-order valence-corrected chi connectivity index (χ4v) is 3.38. The van der Waals surface area contributed by atoms with Crippen LogP contribution in [0.15, 0.2) is 48.5 Å². The van der Waals surface area contributed by atoms with Crippen LogP contribution in [0.5, 0.6) is 0 Å². The lowest BCUT2D eigenvalue weighted by Gasteiger charge is -2.36. The molecule has 1 aliphatic rings. The van der Waals surface area contributed by atoms with E-state index >= 15 is 0 Å². The van der Waals surface area contributed by atoms with Gasteiger partial charge < -0.3 is 10.2 Å². The third kappa shape index (κ3) is 4.97. The first-order chi connectivity index (χ1) is 12.1. The normalized spacial score (nSPS) is 15.2. The Bertz CT molecular complexity index is 726. The molecule has 0 bridgehead atoms. The van der Waals surface area contributed by atoms with E-state index in [1.807, 2.05) is 24.3 Å². The van der Waals surface area contributed by atoms with Crippen LogP contribution in [0, 0.1) is 6.92 Å². The molecule has 1 fully saturated rings. The number of amides is 1. The maximum absolute atomic E-state index is 12.2. The highest BCUT2D eigenvalue weighted by atomic mass is 35.5. The lowest BCUT2D eigenvalue weighted by molar-refractivity contribution is -0.122. The van der Waals surface area contributed by atoms with Gasteiger partial charge >= 0.3 is 0 Å². The topological polar surface area (TPSA) is 35.6 Å². The number of hydrogen-bond donors (Lipinski definition) is 1. The van der Waals surface area contributed by atoms with Gasteiger partial charge in [-0.05, 0) is 36.2 Å². The zero-order chi connectivity index (χ0) is 17.6. The molecule has 0 spiro atoms. The molecule has 2 aromatic carbocycles. The summed E-state index contributed by atoms with van der Waals surface area (Å²) >= 11 is 5.97. The first-order valence-corrected chi connectivity index (χ1v) is 9.04. The third-order valence-corrected chi connectivity index (χ3v) is 4.81. The maximum atomic E-state index is 12.2. The van der Waals surface area contributed by atoms with E-state index in [9.17, 15) is 4.79 Å². The van der Waals surface area contributed by atoms with Crippen molar-refractivity contribution in [2.24, 2.45) is 0 Å². The first kappa shape index (κ1) is 17.8. The number of para-hydroxylation sites is 1. The van der Waals surface area contributed by atoms with Gasteiger partial charge in [-0.15, -0.1) is 0 Å². The Morgan fingerprint density at radius 3 is 2.56 bits per heavy atom. The van der Waals surface area contributed by atoms with Crippen molar-refractivity contribution in [3.05, 3.63) is 64.7 Å². The molecule has 1 saturated heterocycles. The number of benzene rings is 2. The molecule has 1 aliphatic heterocycles. The van der Waals surface area contributed by atoms with Crippen LogP contribution in [-0.4, -0.2) is 43.5 Å². The number of rotatable bonds is 5. The minimum Gasteiger partial charge on any atom is -0.369 e. The van der Waals surface area contributed by atoms with Crippen LogP contribution in [-0.2, 0) is 11.3 Å². The van der Waals surface area contributed by atoms with E-state index in [-0.39, 0.29) is 5.91 Å². The Kier molecular flexibility index (Phi) is 5.95. The van der Waals surface area contributed by atoms with E-state index in [0.717, 1.165) is 31.7 Å². The first-order valence-electron chi connectivity index (χ1n) is 8.66. The molecule has 0 aromatic heterocycles. The zero-order valence-corrected chi connectivity index (χ0v) is 15.3. The van der Waals surface area contributed by atoms with Gasteiger partial charge in [0.05, 0.1) is 6.54 Å². The van der Waals surface area contributed by atoms with Gasteiger partial charge in [0.25, 0.3) is 0 Å². The minimum atomic E-state index is 0.0596. The summed E-state index contributed by atoms with van der Waals surface area (Å²) in [6.07, 6.45) is 0. The lowest BCUT2D eigenvalue weighted by atomic mass is 10.1. The van der Waals surface area contributed by atoms with E-state index in [4.69, 9.17) is 11.6 Å². The summed E-state index contributed by atoms with van der Waals surface area (Å²) in [5.74, 6) is 0.0596. The quantitative estimate of drug-likeness (QED) is 0.893. The van der Waals surface area contributed by atoms with Crippen molar-refractivity contribution < 1.29 is 4.79 Å². The fourth-order valence-electron chi connectivity index (χ4n) is 3.17. The predicted octanol–water partition coefficient (Wildman–Crippen LogP) is 3.09. The lowest BCUT2D eigenvalue weighted by Crippen LogP contribution is -2.49. The molecule has 0 atom stereocenters. The average molecular weight is 358 g/mol. The molecule has 1 heterocycles. The van der Waals surface area contributed by atoms with Crippen LogP contribution in [0.2, 0.25) is 5.02 Å². The molecular weight excluding hydrogens is 334 g/mol. The highest BCUT2D eigenvalue weighted by Gasteiger charge is 2.19. The Labute approximate surface area is 154 Å². The smallest absolute Gasteiger partial charge is 0.234 e. The second-order valence-electron chi connectivity index (χ2n) is 6.46. The summed E-state index contributed by atoms with van der Waals surface area (Å²) in [7, 11) is 0. The van der Waals surface area contributed by atoms with Crippen LogP contribution in [0.4, 0.5) is 5.69 Å². The molecular formula is C20H24ClN3O. The van der Waals surface area contributed by atoms with Gasteiger partial charge in [-0.1, -0.05) is 41.9 Å². The van der Waals surface area contributed by atoms with E-state index in [1.54, 1.807) is 0 Å². The third-order valence-electron chi connectivity index (χ3n) is 4.57. The predicted molar refractivity (Wildman–Crippen MR) is 103 cm³/mol. The van der Waals surface area contributed by atoms with Crippen molar-refractivity contribution in [2.75, 3.05) is 37.6 Å². The van der Waals surface area contributed by atoms with Crippen molar-refractivity contribution in [3.63, 3.8) is 0 Å². The molecule has 1 N–H and O–H groups in total. The number of hydrogen-bond acceptors (Lipinski definition) is 3. The highest BCUT2D eigenvalue weighted by Crippen LogP contribution is 2.20. The van der Waals surface area contributed by atoms with E-state index in [0.29, 0.717) is 18.1 Å². The maximum Gasteiger partial charge on any atom is 0.234 e. The monoisotopic (exact) mass is 357 g/mol. The van der Waals surface area contributed by atoms with Crippen molar-refractivity contribution >= 4 is 23.2 Å². The van der Waals surface area contributed by atoms with Gasteiger partial charge in [0.1, 0.15) is 0 Å². The van der Waals surface area contributed by atoms with E-state index in [1.165, 1.54) is 11.3 Å². The Balaban J connectivity index is 1.44. The summed E-state index contributed by atoms with van der Waals surface area (Å²) in [5.41, 5.74) is 3.62. The van der Waals surface area contributed by atoms with Crippen LogP contribution in [0.3, 0.4) is 0 Å². The number of carbonyl (C=O) groups is 1. The highest BCUT2D eigenvalue weighted by molar-refractivity contribution is 6.30. The fraction of sp³-hybridized carbons (Fsp3) is 0.350. The molecule has 2 aromatic rings. The molecule has 3 rings (SSSR count). The molecule has 0 aliphatic carbocycles. The Morgan fingerprint density at radius 1 is 1.08 bits per heavy atom. The number of aryl methyl sites for hydroxylation is 1. The van der Waals surface area contributed by atoms with Crippen LogP contribution < -0.4 is 10.2 Å². The van der Waals surface area contributed by atoms with Crippen molar-refractivity contribution in [1.29, 1.82) is 0 Å². The van der Waals surface area contributed by atoms with Crippen molar-refractivity contribution in [1.82, 2.24) is 10.2 Å². The Morgan fingerprint density at radius 2 is 1.84 bits per heavy atom. The summed E-state index contributed by atoms with van der Waals surface area (Å²) in [5, 5.41) is 3.67. The number of anilines is 1. The average Bonchev–Trinajstić information content (AvgIpc) is 2.61. The molecule has 25 heavy (non-hydrogen) atoms. The minimum absolute atomic E-state index is 0.0596. The van der Waals surface area contributed by atoms with Gasteiger partial charge in [-0.2, -0.15) is 0 Å².